The third kappa shape index (κ3) is 3.88. The Labute approximate surface area is 151 Å². The third-order valence-corrected chi connectivity index (χ3v) is 4.11. The molecular formula is C21H19FN2O2. The molecular weight excluding hydrogens is 331 g/mol. The quantitative estimate of drug-likeness (QED) is 0.746. The van der Waals surface area contributed by atoms with Gasteiger partial charge in [0, 0.05) is 11.3 Å². The van der Waals surface area contributed by atoms with Gasteiger partial charge in [0.2, 0.25) is 0 Å². The van der Waals surface area contributed by atoms with E-state index < -0.39 is 17.8 Å². The maximum Gasteiger partial charge on any atom is 0.270 e. The van der Waals surface area contributed by atoms with Crippen LogP contribution >= 0.6 is 0 Å². The van der Waals surface area contributed by atoms with Gasteiger partial charge in [-0.2, -0.15) is 0 Å². The zero-order valence-corrected chi connectivity index (χ0v) is 14.5. The van der Waals surface area contributed by atoms with Crippen molar-refractivity contribution in [2.45, 2.75) is 19.9 Å². The van der Waals surface area contributed by atoms with Crippen LogP contribution in [-0.2, 0) is 0 Å². The molecule has 2 aromatic carbocycles. The molecule has 0 aliphatic rings. The molecule has 3 rings (SSSR count). The third-order valence-electron chi connectivity index (χ3n) is 4.11. The lowest BCUT2D eigenvalue weighted by atomic mass is 9.96. The number of aromatic nitrogens is 1. The Balaban J connectivity index is 2.01. The number of hydrogen-bond acceptors (Lipinski definition) is 3. The zero-order chi connectivity index (χ0) is 18.7. The highest BCUT2D eigenvalue weighted by Gasteiger charge is 2.22. The Morgan fingerprint density at radius 2 is 1.81 bits per heavy atom. The number of aromatic hydroxyl groups is 1. The Hall–Kier alpha value is -3.21. The fraction of sp³-hybridized carbons (Fsp3) is 0.143. The summed E-state index contributed by atoms with van der Waals surface area (Å²) in [6.07, 6.45) is 0. The summed E-state index contributed by atoms with van der Waals surface area (Å²) in [6.45, 7) is 3.75. The van der Waals surface area contributed by atoms with Gasteiger partial charge in [-0.1, -0.05) is 35.9 Å². The second-order valence-corrected chi connectivity index (χ2v) is 6.18. The number of carbonyl (C=O) groups excluding carboxylic acids is 1. The average Bonchev–Trinajstić information content (AvgIpc) is 2.62. The number of rotatable bonds is 4. The van der Waals surface area contributed by atoms with E-state index in [-0.39, 0.29) is 17.0 Å². The summed E-state index contributed by atoms with van der Waals surface area (Å²) in [4.78, 5) is 16.9. The lowest BCUT2D eigenvalue weighted by Crippen LogP contribution is -2.30. The molecule has 1 atom stereocenters. The van der Waals surface area contributed by atoms with Crippen LogP contribution in [0.25, 0.3) is 0 Å². The molecule has 1 amide bonds. The van der Waals surface area contributed by atoms with E-state index in [1.807, 2.05) is 31.2 Å². The normalized spacial score (nSPS) is 11.8. The Bertz CT molecular complexity index is 939. The summed E-state index contributed by atoms with van der Waals surface area (Å²) in [5.74, 6) is -0.977. The largest absolute Gasteiger partial charge is 0.508 e. The monoisotopic (exact) mass is 350 g/mol. The lowest BCUT2D eigenvalue weighted by Gasteiger charge is -2.21. The van der Waals surface area contributed by atoms with Crippen LogP contribution in [0.5, 0.6) is 5.75 Å². The van der Waals surface area contributed by atoms with E-state index >= 15 is 0 Å². The fourth-order valence-electron chi connectivity index (χ4n) is 2.73. The maximum absolute atomic E-state index is 13.8. The van der Waals surface area contributed by atoms with Gasteiger partial charge < -0.3 is 10.4 Å². The predicted molar refractivity (Wildman–Crippen MR) is 97.5 cm³/mol. The first kappa shape index (κ1) is 17.6. The van der Waals surface area contributed by atoms with Crippen LogP contribution in [0, 0.1) is 19.7 Å². The van der Waals surface area contributed by atoms with E-state index in [2.05, 4.69) is 10.3 Å². The van der Waals surface area contributed by atoms with Crippen LogP contribution in [0.3, 0.4) is 0 Å². The topological polar surface area (TPSA) is 62.2 Å². The molecule has 3 aromatic rings. The summed E-state index contributed by atoms with van der Waals surface area (Å²) < 4.78 is 13.8. The highest BCUT2D eigenvalue weighted by Crippen LogP contribution is 2.30. The van der Waals surface area contributed by atoms with E-state index in [1.54, 1.807) is 25.1 Å². The molecule has 1 heterocycles. The number of hydrogen-bond donors (Lipinski definition) is 2. The van der Waals surface area contributed by atoms with Crippen LogP contribution in [0.1, 0.15) is 38.9 Å². The van der Waals surface area contributed by atoms with Crippen molar-refractivity contribution in [2.75, 3.05) is 0 Å². The molecule has 0 unspecified atom stereocenters. The standard InChI is InChI=1S/C21H19FN2O2/c1-13-6-8-15(9-7-13)20(17-12-16(22)10-11-19(17)25)24-21(26)18-5-3-4-14(2)23-18/h3-12,20,25H,1-2H3,(H,24,26)/t20-/m0/s1. The van der Waals surface area contributed by atoms with Crippen molar-refractivity contribution in [2.24, 2.45) is 0 Å². The number of carbonyl (C=O) groups is 1. The molecule has 0 fully saturated rings. The minimum atomic E-state index is -0.707. The average molecular weight is 350 g/mol. The number of pyridine rings is 1. The molecule has 0 spiro atoms. The van der Waals surface area contributed by atoms with Crippen LogP contribution < -0.4 is 5.32 Å². The molecule has 26 heavy (non-hydrogen) atoms. The summed E-state index contributed by atoms with van der Waals surface area (Å²) in [5, 5.41) is 13.1. The minimum absolute atomic E-state index is 0.0884. The number of nitrogens with one attached hydrogen (secondary N) is 1. The van der Waals surface area contributed by atoms with E-state index in [9.17, 15) is 14.3 Å². The molecule has 0 saturated carbocycles. The van der Waals surface area contributed by atoms with Crippen molar-refractivity contribution < 1.29 is 14.3 Å². The molecule has 5 heteroatoms. The van der Waals surface area contributed by atoms with Gasteiger partial charge in [0.25, 0.3) is 5.91 Å². The van der Waals surface area contributed by atoms with Crippen molar-refractivity contribution in [3.8, 4) is 5.75 Å². The van der Waals surface area contributed by atoms with Crippen LogP contribution in [-0.4, -0.2) is 16.0 Å². The smallest absolute Gasteiger partial charge is 0.270 e. The van der Waals surface area contributed by atoms with Gasteiger partial charge in [0.05, 0.1) is 6.04 Å². The van der Waals surface area contributed by atoms with Crippen molar-refractivity contribution in [3.63, 3.8) is 0 Å². The summed E-state index contributed by atoms with van der Waals surface area (Å²) in [6, 6.07) is 15.6. The predicted octanol–water partition coefficient (Wildman–Crippen LogP) is 4.06. The van der Waals surface area contributed by atoms with Crippen molar-refractivity contribution in [3.05, 3.63) is 94.6 Å². The number of nitrogens with zero attached hydrogens (tertiary/aromatic N) is 1. The van der Waals surface area contributed by atoms with Crippen molar-refractivity contribution >= 4 is 5.91 Å². The number of amides is 1. The molecule has 4 nitrogen and oxygen atoms in total. The van der Waals surface area contributed by atoms with Crippen LogP contribution in [0.15, 0.2) is 60.7 Å². The Morgan fingerprint density at radius 1 is 1.08 bits per heavy atom. The number of phenols is 1. The minimum Gasteiger partial charge on any atom is -0.508 e. The summed E-state index contributed by atoms with van der Waals surface area (Å²) in [7, 11) is 0. The van der Waals surface area contributed by atoms with Gasteiger partial charge in [-0.05, 0) is 49.7 Å². The molecule has 0 aliphatic carbocycles. The summed E-state index contributed by atoms with van der Waals surface area (Å²) in [5.41, 5.74) is 3.06. The SMILES string of the molecule is Cc1ccc([C@H](NC(=O)c2cccc(C)n2)c2cc(F)ccc2O)cc1. The van der Waals surface area contributed by atoms with Gasteiger partial charge in [-0.25, -0.2) is 9.37 Å². The van der Waals surface area contributed by atoms with Gasteiger partial charge in [-0.3, -0.25) is 4.79 Å². The van der Waals surface area contributed by atoms with Crippen LogP contribution in [0.2, 0.25) is 0 Å². The van der Waals surface area contributed by atoms with Gasteiger partial charge in [-0.15, -0.1) is 0 Å². The van der Waals surface area contributed by atoms with Gasteiger partial charge >= 0.3 is 0 Å². The van der Waals surface area contributed by atoms with E-state index in [0.29, 0.717) is 0 Å². The molecule has 1 aromatic heterocycles. The van der Waals surface area contributed by atoms with E-state index in [0.717, 1.165) is 16.8 Å². The van der Waals surface area contributed by atoms with Crippen molar-refractivity contribution in [1.29, 1.82) is 0 Å². The van der Waals surface area contributed by atoms with E-state index in [4.69, 9.17) is 0 Å². The van der Waals surface area contributed by atoms with Gasteiger partial charge in [0.15, 0.2) is 0 Å². The molecule has 132 valence electrons. The number of halogens is 1. The van der Waals surface area contributed by atoms with Gasteiger partial charge in [0.1, 0.15) is 17.3 Å². The highest BCUT2D eigenvalue weighted by molar-refractivity contribution is 5.92. The molecule has 0 saturated heterocycles. The zero-order valence-electron chi connectivity index (χ0n) is 14.5. The number of phenolic OH excluding ortho intramolecular Hbond substituents is 1. The number of benzene rings is 2. The lowest BCUT2D eigenvalue weighted by molar-refractivity contribution is 0.0937. The Kier molecular flexibility index (Phi) is 4.98. The summed E-state index contributed by atoms with van der Waals surface area (Å²) >= 11 is 0. The van der Waals surface area contributed by atoms with Crippen LogP contribution in [0.4, 0.5) is 4.39 Å². The fourth-order valence-corrected chi connectivity index (χ4v) is 2.73. The first-order chi connectivity index (χ1) is 12.4. The second kappa shape index (κ2) is 7.35. The van der Waals surface area contributed by atoms with E-state index in [1.165, 1.54) is 18.2 Å². The molecule has 0 aliphatic heterocycles. The molecule has 0 bridgehead atoms. The molecule has 0 radical (unpaired) electrons. The maximum atomic E-state index is 13.8. The highest BCUT2D eigenvalue weighted by atomic mass is 19.1. The number of aryl methyl sites for hydroxylation is 2. The first-order valence-electron chi connectivity index (χ1n) is 8.23. The molecule has 2 N–H and O–H groups in total. The van der Waals surface area contributed by atoms with Crippen molar-refractivity contribution in [1.82, 2.24) is 10.3 Å². The first-order valence-corrected chi connectivity index (χ1v) is 8.23. The second-order valence-electron chi connectivity index (χ2n) is 6.18. The Morgan fingerprint density at radius 3 is 2.50 bits per heavy atom.